The molecule has 1 saturated heterocycles. The lowest BCUT2D eigenvalue weighted by atomic mass is 10.1. The summed E-state index contributed by atoms with van der Waals surface area (Å²) in [6.45, 7) is 2.41. The van der Waals surface area contributed by atoms with Gasteiger partial charge in [-0.15, -0.1) is 0 Å². The third-order valence-electron chi connectivity index (χ3n) is 4.68. The number of alkyl halides is 2. The predicted octanol–water partition coefficient (Wildman–Crippen LogP) is 3.75. The molecule has 5 nitrogen and oxygen atoms in total. The zero-order chi connectivity index (χ0) is 18.8. The van der Waals surface area contributed by atoms with Gasteiger partial charge in [0.15, 0.2) is 10.7 Å². The van der Waals surface area contributed by atoms with E-state index in [2.05, 4.69) is 4.90 Å². The number of benzene rings is 2. The maximum atomic E-state index is 12.0. The van der Waals surface area contributed by atoms with Crippen molar-refractivity contribution in [3.8, 4) is 11.3 Å². The van der Waals surface area contributed by atoms with Gasteiger partial charge >= 0.3 is 0 Å². The van der Waals surface area contributed by atoms with Crippen LogP contribution in [0.3, 0.4) is 0 Å². The van der Waals surface area contributed by atoms with Gasteiger partial charge in [0.1, 0.15) is 5.69 Å². The molecular formula is C20H18Cl2N4O. The number of fused-ring (bicyclic) bond motifs is 1. The first kappa shape index (κ1) is 18.0. The Bertz CT molecular complexity index is 957. The normalized spacial score (nSPS) is 14.8. The molecule has 3 aromatic rings. The van der Waals surface area contributed by atoms with E-state index in [0.29, 0.717) is 26.2 Å². The number of rotatable bonds is 3. The molecule has 27 heavy (non-hydrogen) atoms. The SMILES string of the molecule is O=C(C(Cl)Cl)N1CCN(c2nc3ccccc3nc2-c2ccccc2)CC1. The highest BCUT2D eigenvalue weighted by Crippen LogP contribution is 2.30. The summed E-state index contributed by atoms with van der Waals surface area (Å²) in [7, 11) is 0. The molecule has 0 spiro atoms. The minimum Gasteiger partial charge on any atom is -0.351 e. The molecule has 1 aliphatic rings. The van der Waals surface area contributed by atoms with Gasteiger partial charge in [-0.05, 0) is 12.1 Å². The van der Waals surface area contributed by atoms with Crippen LogP contribution in [0.1, 0.15) is 0 Å². The fourth-order valence-electron chi connectivity index (χ4n) is 3.28. The summed E-state index contributed by atoms with van der Waals surface area (Å²) in [5, 5.41) is 0. The van der Waals surface area contributed by atoms with Gasteiger partial charge in [-0.25, -0.2) is 9.97 Å². The minimum atomic E-state index is -1.02. The van der Waals surface area contributed by atoms with Crippen LogP contribution in [0.4, 0.5) is 5.82 Å². The molecule has 0 aliphatic carbocycles. The zero-order valence-electron chi connectivity index (χ0n) is 14.6. The van der Waals surface area contributed by atoms with E-state index in [9.17, 15) is 4.79 Å². The third kappa shape index (κ3) is 3.70. The standard InChI is InChI=1S/C20H18Cl2N4O/c21-18(22)20(27)26-12-10-25(11-13-26)19-17(14-6-2-1-3-7-14)23-15-8-4-5-9-16(15)24-19/h1-9,18H,10-13H2. The molecule has 7 heteroatoms. The van der Waals surface area contributed by atoms with Gasteiger partial charge < -0.3 is 9.80 Å². The molecule has 0 saturated carbocycles. The lowest BCUT2D eigenvalue weighted by Crippen LogP contribution is -2.50. The first-order chi connectivity index (χ1) is 13.1. The molecule has 2 heterocycles. The smallest absolute Gasteiger partial charge is 0.255 e. The Balaban J connectivity index is 1.70. The number of aromatic nitrogens is 2. The Kier molecular flexibility index (Phi) is 5.14. The van der Waals surface area contributed by atoms with Crippen LogP contribution in [0.25, 0.3) is 22.3 Å². The Morgan fingerprint density at radius 1 is 0.852 bits per heavy atom. The molecule has 0 radical (unpaired) electrons. The Hall–Kier alpha value is -2.37. The van der Waals surface area contributed by atoms with Crippen LogP contribution >= 0.6 is 23.2 Å². The van der Waals surface area contributed by atoms with Crippen molar-refractivity contribution in [3.05, 3.63) is 54.6 Å². The highest BCUT2D eigenvalue weighted by atomic mass is 35.5. The van der Waals surface area contributed by atoms with E-state index < -0.39 is 4.84 Å². The van der Waals surface area contributed by atoms with E-state index in [1.807, 2.05) is 54.6 Å². The van der Waals surface area contributed by atoms with E-state index in [0.717, 1.165) is 28.1 Å². The van der Waals surface area contributed by atoms with E-state index in [1.54, 1.807) is 4.90 Å². The largest absolute Gasteiger partial charge is 0.351 e. The number of hydrogen-bond donors (Lipinski definition) is 0. The molecule has 1 amide bonds. The summed E-state index contributed by atoms with van der Waals surface area (Å²) in [5.41, 5.74) is 3.58. The summed E-state index contributed by atoms with van der Waals surface area (Å²) in [5.74, 6) is 0.589. The second kappa shape index (κ2) is 7.71. The van der Waals surface area contributed by atoms with Gasteiger partial charge in [-0.2, -0.15) is 0 Å². The maximum absolute atomic E-state index is 12.0. The molecule has 2 aromatic carbocycles. The van der Waals surface area contributed by atoms with Crippen LogP contribution < -0.4 is 4.90 Å². The number of para-hydroxylation sites is 2. The lowest BCUT2D eigenvalue weighted by Gasteiger charge is -2.36. The van der Waals surface area contributed by atoms with Gasteiger partial charge in [-0.1, -0.05) is 65.7 Å². The molecule has 4 rings (SSSR count). The van der Waals surface area contributed by atoms with Crippen LogP contribution in [0.5, 0.6) is 0 Å². The maximum Gasteiger partial charge on any atom is 0.255 e. The molecule has 1 aromatic heterocycles. The number of piperazine rings is 1. The first-order valence-corrected chi connectivity index (χ1v) is 9.65. The van der Waals surface area contributed by atoms with Crippen molar-refractivity contribution in [2.24, 2.45) is 0 Å². The molecule has 1 fully saturated rings. The second-order valence-electron chi connectivity index (χ2n) is 6.36. The minimum absolute atomic E-state index is 0.245. The molecule has 1 aliphatic heterocycles. The second-order valence-corrected chi connectivity index (χ2v) is 7.46. The van der Waals surface area contributed by atoms with Crippen molar-refractivity contribution >= 4 is 46.0 Å². The van der Waals surface area contributed by atoms with Gasteiger partial charge in [0.05, 0.1) is 11.0 Å². The van der Waals surface area contributed by atoms with Crippen molar-refractivity contribution in [3.63, 3.8) is 0 Å². The van der Waals surface area contributed by atoms with Crippen LogP contribution in [-0.2, 0) is 4.79 Å². The van der Waals surface area contributed by atoms with Crippen molar-refractivity contribution < 1.29 is 4.79 Å². The highest BCUT2D eigenvalue weighted by Gasteiger charge is 2.27. The lowest BCUT2D eigenvalue weighted by molar-refractivity contribution is -0.129. The summed E-state index contributed by atoms with van der Waals surface area (Å²) in [4.78, 5) is 24.6. The van der Waals surface area contributed by atoms with Crippen molar-refractivity contribution in [2.45, 2.75) is 4.84 Å². The predicted molar refractivity (Wildman–Crippen MR) is 109 cm³/mol. The number of carbonyl (C=O) groups is 1. The Labute approximate surface area is 167 Å². The fraction of sp³-hybridized carbons (Fsp3) is 0.250. The summed E-state index contributed by atoms with van der Waals surface area (Å²) in [6.07, 6.45) is 0. The monoisotopic (exact) mass is 400 g/mol. The first-order valence-electron chi connectivity index (χ1n) is 8.77. The third-order valence-corrected chi connectivity index (χ3v) is 5.05. The molecular weight excluding hydrogens is 383 g/mol. The van der Waals surface area contributed by atoms with Gasteiger partial charge in [0.25, 0.3) is 5.91 Å². The molecule has 138 valence electrons. The summed E-state index contributed by atoms with van der Waals surface area (Å²) in [6, 6.07) is 17.9. The van der Waals surface area contributed by atoms with E-state index in [4.69, 9.17) is 33.2 Å². The number of hydrogen-bond acceptors (Lipinski definition) is 4. The van der Waals surface area contributed by atoms with Crippen molar-refractivity contribution in [2.75, 3.05) is 31.1 Å². The van der Waals surface area contributed by atoms with Gasteiger partial charge in [0.2, 0.25) is 0 Å². The van der Waals surface area contributed by atoms with Crippen LogP contribution in [0.15, 0.2) is 54.6 Å². The number of halogens is 2. The average Bonchev–Trinajstić information content (AvgIpc) is 2.73. The number of anilines is 1. The summed E-state index contributed by atoms with van der Waals surface area (Å²) < 4.78 is 0. The molecule has 0 N–H and O–H groups in total. The van der Waals surface area contributed by atoms with Crippen molar-refractivity contribution in [1.29, 1.82) is 0 Å². The summed E-state index contributed by atoms with van der Waals surface area (Å²) >= 11 is 11.4. The highest BCUT2D eigenvalue weighted by molar-refractivity contribution is 6.53. The number of nitrogens with zero attached hydrogens (tertiary/aromatic N) is 4. The quantitative estimate of drug-likeness (QED) is 0.628. The molecule has 0 bridgehead atoms. The Morgan fingerprint density at radius 3 is 2.07 bits per heavy atom. The van der Waals surface area contributed by atoms with E-state index in [1.165, 1.54) is 0 Å². The van der Waals surface area contributed by atoms with Gasteiger partial charge in [-0.3, -0.25) is 4.79 Å². The molecule has 0 unspecified atom stereocenters. The van der Waals surface area contributed by atoms with Crippen molar-refractivity contribution in [1.82, 2.24) is 14.9 Å². The number of carbonyl (C=O) groups excluding carboxylic acids is 1. The molecule has 0 atom stereocenters. The van der Waals surface area contributed by atoms with Crippen LogP contribution in [-0.4, -0.2) is 51.8 Å². The van der Waals surface area contributed by atoms with Gasteiger partial charge in [0, 0.05) is 31.7 Å². The topological polar surface area (TPSA) is 49.3 Å². The zero-order valence-corrected chi connectivity index (χ0v) is 16.1. The average molecular weight is 401 g/mol. The Morgan fingerprint density at radius 2 is 1.44 bits per heavy atom. The fourth-order valence-corrected chi connectivity index (χ4v) is 3.55. The van der Waals surface area contributed by atoms with Crippen LogP contribution in [0.2, 0.25) is 0 Å². The number of amides is 1. The van der Waals surface area contributed by atoms with E-state index >= 15 is 0 Å². The van der Waals surface area contributed by atoms with E-state index in [-0.39, 0.29) is 5.91 Å². The van der Waals surface area contributed by atoms with Crippen LogP contribution in [0, 0.1) is 0 Å².